The third-order valence-electron chi connectivity index (χ3n) is 7.29. The maximum Gasteiger partial charge on any atom is 0.306 e. The molecule has 4 nitrogen and oxygen atoms in total. The molecule has 0 fully saturated rings. The fourth-order valence-electron chi connectivity index (χ4n) is 4.63. The molecule has 0 bridgehead atoms. The average Bonchev–Trinajstić information content (AvgIpc) is 3.04. The zero-order valence-corrected chi connectivity index (χ0v) is 29.3. The molecule has 0 aromatic carbocycles. The highest BCUT2D eigenvalue weighted by molar-refractivity contribution is 5.69. The Labute approximate surface area is 282 Å². The monoisotopic (exact) mass is 634 g/mol. The molecule has 0 aliphatic heterocycles. The van der Waals surface area contributed by atoms with E-state index in [4.69, 9.17) is 9.84 Å². The minimum atomic E-state index is -0.715. The van der Waals surface area contributed by atoms with E-state index in [1.165, 1.54) is 19.3 Å². The number of carbonyl (C=O) groups is 2. The van der Waals surface area contributed by atoms with Gasteiger partial charge in [0.2, 0.25) is 0 Å². The molecule has 0 radical (unpaired) electrons. The van der Waals surface area contributed by atoms with Gasteiger partial charge in [0.25, 0.3) is 0 Å². The standard InChI is InChI=1S/C42H66O4/c1-3-5-7-9-11-13-14-15-16-17-18-19-20-21-22-23-25-31-35-39-42(45)46-40(36-32-28-24-12-10-8-6-4-2)37-33-29-26-27-30-34-38-41(43)44/h5,7,11-13,15-16,18-19,21-22,24-25,31-32,36,40H,3-4,6,8-10,14,17,20,23,26-30,33-35,37-39H2,1-2H3,(H,43,44)/b7-5-,13-11-,16-15-,19-18-,22-21-,24-12-,31-25-,36-32-. The van der Waals surface area contributed by atoms with Crippen molar-refractivity contribution < 1.29 is 19.4 Å². The summed E-state index contributed by atoms with van der Waals surface area (Å²) in [6, 6.07) is 0. The van der Waals surface area contributed by atoms with Gasteiger partial charge >= 0.3 is 11.9 Å². The summed E-state index contributed by atoms with van der Waals surface area (Å²) in [6.45, 7) is 4.37. The zero-order valence-electron chi connectivity index (χ0n) is 29.3. The Morgan fingerprint density at radius 1 is 0.522 bits per heavy atom. The second kappa shape index (κ2) is 36.3. The molecule has 0 rings (SSSR count). The summed E-state index contributed by atoms with van der Waals surface area (Å²) in [6.07, 6.45) is 54.4. The first-order valence-electron chi connectivity index (χ1n) is 18.2. The molecule has 0 aliphatic rings. The molecule has 0 heterocycles. The number of carboxylic acids is 1. The number of carboxylic acid groups (broad SMARTS) is 1. The normalized spacial score (nSPS) is 13.4. The maximum atomic E-state index is 12.5. The van der Waals surface area contributed by atoms with Crippen LogP contribution in [0.4, 0.5) is 0 Å². The van der Waals surface area contributed by atoms with Crippen molar-refractivity contribution in [2.75, 3.05) is 0 Å². The molecule has 1 N–H and O–H groups in total. The molecule has 1 atom stereocenters. The number of esters is 1. The van der Waals surface area contributed by atoms with E-state index in [1.54, 1.807) is 0 Å². The summed E-state index contributed by atoms with van der Waals surface area (Å²) in [5.41, 5.74) is 0. The van der Waals surface area contributed by atoms with Gasteiger partial charge in [-0.1, -0.05) is 144 Å². The topological polar surface area (TPSA) is 63.6 Å². The van der Waals surface area contributed by atoms with Gasteiger partial charge < -0.3 is 9.84 Å². The molecule has 4 heteroatoms. The minimum absolute atomic E-state index is 0.141. The van der Waals surface area contributed by atoms with Gasteiger partial charge in [-0.3, -0.25) is 9.59 Å². The van der Waals surface area contributed by atoms with Crippen LogP contribution in [-0.2, 0) is 14.3 Å². The lowest BCUT2D eigenvalue weighted by molar-refractivity contribution is -0.147. The molecule has 0 spiro atoms. The first kappa shape index (κ1) is 42.9. The van der Waals surface area contributed by atoms with Crippen LogP contribution < -0.4 is 0 Å². The van der Waals surface area contributed by atoms with Gasteiger partial charge in [0.05, 0.1) is 0 Å². The SMILES string of the molecule is CC/C=C\C/C=C\C/C=C\C/C=C\C/C=C\C/C=C\CCC(=O)OC(/C=C\C/C=C\CCCCC)CCCCCCCCC(=O)O. The Morgan fingerprint density at radius 3 is 1.54 bits per heavy atom. The average molecular weight is 635 g/mol. The van der Waals surface area contributed by atoms with Crippen LogP contribution in [0.2, 0.25) is 0 Å². The number of hydrogen-bond acceptors (Lipinski definition) is 3. The molecule has 0 aliphatic carbocycles. The Bertz CT molecular complexity index is 945. The van der Waals surface area contributed by atoms with Crippen molar-refractivity contribution in [2.45, 2.75) is 155 Å². The molecule has 1 unspecified atom stereocenters. The van der Waals surface area contributed by atoms with Crippen LogP contribution in [0, 0.1) is 0 Å². The lowest BCUT2D eigenvalue weighted by Crippen LogP contribution is -2.16. The van der Waals surface area contributed by atoms with Gasteiger partial charge in [0, 0.05) is 12.8 Å². The van der Waals surface area contributed by atoms with E-state index in [0.717, 1.165) is 96.3 Å². The van der Waals surface area contributed by atoms with Crippen molar-refractivity contribution in [3.05, 3.63) is 97.2 Å². The number of allylic oxidation sites excluding steroid dienone is 15. The van der Waals surface area contributed by atoms with Gasteiger partial charge in [-0.25, -0.2) is 0 Å². The van der Waals surface area contributed by atoms with Crippen LogP contribution in [0.15, 0.2) is 97.2 Å². The van der Waals surface area contributed by atoms with Crippen LogP contribution in [0.25, 0.3) is 0 Å². The van der Waals surface area contributed by atoms with Crippen molar-refractivity contribution in [2.24, 2.45) is 0 Å². The van der Waals surface area contributed by atoms with Gasteiger partial charge in [-0.05, 0) is 89.5 Å². The number of ether oxygens (including phenoxy) is 1. The first-order valence-corrected chi connectivity index (χ1v) is 18.2. The van der Waals surface area contributed by atoms with Gasteiger partial charge in [-0.15, -0.1) is 0 Å². The summed E-state index contributed by atoms with van der Waals surface area (Å²) in [4.78, 5) is 23.2. The van der Waals surface area contributed by atoms with E-state index in [9.17, 15) is 9.59 Å². The number of hydrogen-bond donors (Lipinski definition) is 1. The van der Waals surface area contributed by atoms with E-state index in [0.29, 0.717) is 12.8 Å². The van der Waals surface area contributed by atoms with Gasteiger partial charge in [0.15, 0.2) is 0 Å². The Morgan fingerprint density at radius 2 is 1.00 bits per heavy atom. The van der Waals surface area contributed by atoms with E-state index in [1.807, 2.05) is 0 Å². The smallest absolute Gasteiger partial charge is 0.306 e. The third-order valence-corrected chi connectivity index (χ3v) is 7.29. The van der Waals surface area contributed by atoms with Crippen LogP contribution in [0.5, 0.6) is 0 Å². The van der Waals surface area contributed by atoms with Crippen molar-refractivity contribution >= 4 is 11.9 Å². The van der Waals surface area contributed by atoms with Crippen molar-refractivity contribution in [3.63, 3.8) is 0 Å². The number of rotatable bonds is 31. The number of carbonyl (C=O) groups excluding carboxylic acids is 1. The highest BCUT2D eigenvalue weighted by Crippen LogP contribution is 2.14. The highest BCUT2D eigenvalue weighted by Gasteiger charge is 2.11. The predicted molar refractivity (Wildman–Crippen MR) is 199 cm³/mol. The Balaban J connectivity index is 4.27. The lowest BCUT2D eigenvalue weighted by Gasteiger charge is -2.14. The molecule has 0 amide bonds. The molecule has 0 aromatic heterocycles. The molecule has 0 saturated heterocycles. The molecule has 0 aromatic rings. The quantitative estimate of drug-likeness (QED) is 0.0468. The lowest BCUT2D eigenvalue weighted by atomic mass is 10.1. The molecule has 0 saturated carbocycles. The third kappa shape index (κ3) is 35.3. The predicted octanol–water partition coefficient (Wildman–Crippen LogP) is 12.7. The van der Waals surface area contributed by atoms with Gasteiger partial charge in [-0.2, -0.15) is 0 Å². The van der Waals surface area contributed by atoms with Crippen LogP contribution in [0.3, 0.4) is 0 Å². The van der Waals surface area contributed by atoms with Crippen LogP contribution in [0.1, 0.15) is 149 Å². The van der Waals surface area contributed by atoms with Crippen molar-refractivity contribution in [1.82, 2.24) is 0 Å². The fraction of sp³-hybridized carbons (Fsp3) is 0.571. The van der Waals surface area contributed by atoms with E-state index in [2.05, 4.69) is 111 Å². The second-order valence-corrected chi connectivity index (χ2v) is 11.7. The second-order valence-electron chi connectivity index (χ2n) is 11.7. The Kier molecular flexibility index (Phi) is 33.8. The summed E-state index contributed by atoms with van der Waals surface area (Å²) in [7, 11) is 0. The fourth-order valence-corrected chi connectivity index (χ4v) is 4.63. The van der Waals surface area contributed by atoms with Crippen LogP contribution in [-0.4, -0.2) is 23.1 Å². The van der Waals surface area contributed by atoms with Crippen molar-refractivity contribution in [3.8, 4) is 0 Å². The van der Waals surface area contributed by atoms with E-state index in [-0.39, 0.29) is 18.5 Å². The number of aliphatic carboxylic acids is 1. The van der Waals surface area contributed by atoms with Crippen LogP contribution >= 0.6 is 0 Å². The molecule has 258 valence electrons. The Hall–Kier alpha value is -3.14. The largest absolute Gasteiger partial charge is 0.481 e. The minimum Gasteiger partial charge on any atom is -0.481 e. The highest BCUT2D eigenvalue weighted by atomic mass is 16.5. The maximum absolute atomic E-state index is 12.5. The molecule has 46 heavy (non-hydrogen) atoms. The summed E-state index contributed by atoms with van der Waals surface area (Å²) >= 11 is 0. The molecular formula is C42H66O4. The summed E-state index contributed by atoms with van der Waals surface area (Å²) in [5.74, 6) is -0.856. The zero-order chi connectivity index (χ0) is 33.6. The summed E-state index contributed by atoms with van der Waals surface area (Å²) in [5, 5.41) is 8.76. The first-order chi connectivity index (χ1) is 22.6. The van der Waals surface area contributed by atoms with E-state index < -0.39 is 5.97 Å². The summed E-state index contributed by atoms with van der Waals surface area (Å²) < 4.78 is 5.84. The van der Waals surface area contributed by atoms with Gasteiger partial charge in [0.1, 0.15) is 6.10 Å². The number of unbranched alkanes of at least 4 members (excludes halogenated alkanes) is 8. The van der Waals surface area contributed by atoms with Crippen molar-refractivity contribution in [1.29, 1.82) is 0 Å². The van der Waals surface area contributed by atoms with E-state index >= 15 is 0 Å². The molecular weight excluding hydrogens is 568 g/mol.